The summed E-state index contributed by atoms with van der Waals surface area (Å²) in [6.45, 7) is 0. The smallest absolute Gasteiger partial charge is 0.362 e. The second-order valence-corrected chi connectivity index (χ2v) is 3.09. The van der Waals surface area contributed by atoms with Gasteiger partial charge in [0.2, 0.25) is 0 Å². The summed E-state index contributed by atoms with van der Waals surface area (Å²) < 4.78 is 12.4. The number of phenols is 1. The molecular weight excluding hydrogens is 234 g/mol. The van der Waals surface area contributed by atoms with Gasteiger partial charge in [0.05, 0.1) is 7.11 Å². The lowest BCUT2D eigenvalue weighted by atomic mass is 10.1. The van der Waals surface area contributed by atoms with E-state index in [2.05, 4.69) is 5.73 Å². The molecule has 16 heavy (non-hydrogen) atoms. The fourth-order valence-corrected chi connectivity index (χ4v) is 1.15. The summed E-state index contributed by atoms with van der Waals surface area (Å²) in [5.74, 6) is -1.07. The molecule has 0 fully saturated rings. The number of halogens is 1. The first kappa shape index (κ1) is 12.6. The van der Waals surface area contributed by atoms with Gasteiger partial charge in [-0.3, -0.25) is 0 Å². The number of methoxy groups -OCH3 is 1. The fraction of sp³-hybridized carbons (Fsp3) is 0.300. The number of hydrogen-bond acceptors (Lipinski definition) is 3. The Labute approximate surface area is 101 Å². The van der Waals surface area contributed by atoms with Gasteiger partial charge in [0, 0.05) is 6.42 Å². The minimum absolute atomic E-state index is 0. The van der Waals surface area contributed by atoms with E-state index in [1.54, 1.807) is 0 Å². The van der Waals surface area contributed by atoms with E-state index < -0.39 is 12.0 Å². The van der Waals surface area contributed by atoms with Gasteiger partial charge in [-0.2, -0.15) is 0 Å². The van der Waals surface area contributed by atoms with Crippen molar-refractivity contribution < 1.29 is 39.3 Å². The molecule has 5 N–H and O–H groups in total. The molecule has 0 spiro atoms. The molecule has 0 saturated carbocycles. The molecule has 90 valence electrons. The molecule has 0 amide bonds. The van der Waals surface area contributed by atoms with Crippen LogP contribution in [0.25, 0.3) is 0 Å². The van der Waals surface area contributed by atoms with Gasteiger partial charge in [-0.15, -0.1) is 0 Å². The van der Waals surface area contributed by atoms with Gasteiger partial charge < -0.3 is 33.1 Å². The molecule has 0 bridgehead atoms. The topological polar surface area (TPSA) is 94.4 Å². The number of carboxylic acids is 1. The van der Waals surface area contributed by atoms with E-state index in [9.17, 15) is 9.90 Å². The third-order valence-corrected chi connectivity index (χ3v) is 1.96. The van der Waals surface area contributed by atoms with Crippen molar-refractivity contribution in [2.75, 3.05) is 7.11 Å². The number of quaternary nitrogens is 1. The second kappa shape index (κ2) is 6.19. The maximum atomic E-state index is 10.7. The van der Waals surface area contributed by atoms with Crippen LogP contribution in [0, 0.1) is 0 Å². The first-order valence-corrected chi connectivity index (χ1v) is 4.31. The van der Waals surface area contributed by atoms with E-state index in [4.69, 9.17) is 11.2 Å². The molecule has 1 aromatic carbocycles. The molecule has 1 rings (SSSR count). The normalized spacial score (nSPS) is 14.2. The molecule has 0 aliphatic rings. The molecule has 0 aromatic heterocycles. The highest BCUT2D eigenvalue weighted by Gasteiger charge is 2.16. The SMILES string of the molecule is [3H][C@]([NH3+])(Cc1ccc(O)c(OC)c1)C(=O)O.[Cl-]. The van der Waals surface area contributed by atoms with Gasteiger partial charge in [-0.05, 0) is 17.7 Å². The summed E-state index contributed by atoms with van der Waals surface area (Å²) in [7, 11) is 1.40. The lowest BCUT2D eigenvalue weighted by Crippen LogP contribution is -3.00. The predicted octanol–water partition coefficient (Wildman–Crippen LogP) is -3.36. The Kier molecular flexibility index (Phi) is 4.88. The van der Waals surface area contributed by atoms with Crippen LogP contribution in [0.5, 0.6) is 11.5 Å². The summed E-state index contributed by atoms with van der Waals surface area (Å²) in [5.41, 5.74) is 3.88. The Morgan fingerprint density at radius 2 is 2.31 bits per heavy atom. The third-order valence-electron chi connectivity index (χ3n) is 1.96. The minimum atomic E-state index is -1.83. The van der Waals surface area contributed by atoms with Crippen molar-refractivity contribution in [3.05, 3.63) is 23.8 Å². The quantitative estimate of drug-likeness (QED) is 0.520. The van der Waals surface area contributed by atoms with Gasteiger partial charge in [-0.1, -0.05) is 6.07 Å². The molecule has 0 unspecified atom stereocenters. The predicted molar refractivity (Wildman–Crippen MR) is 52.7 cm³/mol. The number of hydrogen-bond donors (Lipinski definition) is 3. The molecule has 0 aliphatic heterocycles. The average molecular weight is 250 g/mol. The monoisotopic (exact) mass is 249 g/mol. The van der Waals surface area contributed by atoms with E-state index >= 15 is 0 Å². The Bertz CT molecular complexity index is 411. The zero-order valence-electron chi connectivity index (χ0n) is 9.74. The van der Waals surface area contributed by atoms with Crippen LogP contribution in [0.1, 0.15) is 6.93 Å². The lowest BCUT2D eigenvalue weighted by Gasteiger charge is -2.07. The molecule has 0 heterocycles. The first-order valence-electron chi connectivity index (χ1n) is 4.81. The Balaban J connectivity index is 0.00000256. The van der Waals surface area contributed by atoms with Crippen LogP contribution in [-0.2, 0) is 11.2 Å². The summed E-state index contributed by atoms with van der Waals surface area (Å²) in [5, 5.41) is 18.1. The van der Waals surface area contributed by atoms with Crippen molar-refractivity contribution >= 4 is 5.97 Å². The molecule has 5 nitrogen and oxygen atoms in total. The zero-order valence-corrected chi connectivity index (χ0v) is 9.49. The van der Waals surface area contributed by atoms with Gasteiger partial charge in [0.15, 0.2) is 17.5 Å². The zero-order chi connectivity index (χ0) is 12.3. The van der Waals surface area contributed by atoms with Crippen molar-refractivity contribution in [1.29, 1.82) is 0 Å². The maximum Gasteiger partial charge on any atom is 0.362 e. The van der Waals surface area contributed by atoms with Crippen LogP contribution in [0.2, 0.25) is 0 Å². The number of rotatable bonds is 4. The largest absolute Gasteiger partial charge is 1.00 e. The third kappa shape index (κ3) is 3.60. The van der Waals surface area contributed by atoms with Crippen LogP contribution >= 0.6 is 0 Å². The van der Waals surface area contributed by atoms with Gasteiger partial charge in [0.1, 0.15) is 1.37 Å². The van der Waals surface area contributed by atoms with Crippen molar-refractivity contribution in [3.63, 3.8) is 0 Å². The summed E-state index contributed by atoms with van der Waals surface area (Å²) in [6, 6.07) is 2.59. The Hall–Kier alpha value is -1.46. The van der Waals surface area contributed by atoms with Gasteiger partial charge >= 0.3 is 5.97 Å². The summed E-state index contributed by atoms with van der Waals surface area (Å²) in [4.78, 5) is 10.7. The molecule has 0 radical (unpaired) electrons. The van der Waals surface area contributed by atoms with Gasteiger partial charge in [0.25, 0.3) is 0 Å². The van der Waals surface area contributed by atoms with Crippen molar-refractivity contribution in [2.45, 2.75) is 12.4 Å². The Morgan fingerprint density at radius 1 is 1.69 bits per heavy atom. The number of aliphatic carboxylic acids is 1. The molecule has 0 aliphatic carbocycles. The number of benzene rings is 1. The second-order valence-electron chi connectivity index (χ2n) is 3.09. The van der Waals surface area contributed by atoms with E-state index in [1.165, 1.54) is 25.3 Å². The number of carbonyl (C=O) groups is 1. The molecule has 0 saturated heterocycles. The van der Waals surface area contributed by atoms with Gasteiger partial charge in [-0.25, -0.2) is 4.79 Å². The number of ether oxygens (including phenoxy) is 1. The van der Waals surface area contributed by atoms with E-state index in [1.807, 2.05) is 0 Å². The lowest BCUT2D eigenvalue weighted by molar-refractivity contribution is -0.407. The van der Waals surface area contributed by atoms with Crippen molar-refractivity contribution in [2.24, 2.45) is 0 Å². The first-order chi connectivity index (χ1) is 7.36. The minimum Gasteiger partial charge on any atom is -1.00 e. The van der Waals surface area contributed by atoms with Crippen LogP contribution < -0.4 is 22.9 Å². The number of aromatic hydroxyl groups is 1. The van der Waals surface area contributed by atoms with E-state index in [0.717, 1.165) is 0 Å². The highest BCUT2D eigenvalue weighted by atomic mass is 35.5. The standard InChI is InChI=1S/C10H13NO4.ClH/c1-15-9-5-6(2-3-8(9)12)4-7(11)10(13)14;/h2-3,5,7,12H,4,11H2,1H3,(H,13,14);1H/t7-;/m0./s1/i7T;. The maximum absolute atomic E-state index is 10.7. The van der Waals surface area contributed by atoms with Crippen molar-refractivity contribution in [1.82, 2.24) is 0 Å². The van der Waals surface area contributed by atoms with Crippen LogP contribution in [0.3, 0.4) is 0 Å². The highest BCUT2D eigenvalue weighted by molar-refractivity contribution is 5.72. The van der Waals surface area contributed by atoms with Crippen LogP contribution in [0.15, 0.2) is 18.2 Å². The summed E-state index contributed by atoms with van der Waals surface area (Å²) >= 11 is 0. The molecule has 1 atom stereocenters. The molecule has 1 aromatic rings. The van der Waals surface area contributed by atoms with Crippen molar-refractivity contribution in [3.8, 4) is 11.5 Å². The number of phenolic OH excluding ortho intramolecular Hbond substituents is 1. The highest BCUT2D eigenvalue weighted by Crippen LogP contribution is 2.26. The summed E-state index contributed by atoms with van der Waals surface area (Å²) in [6.07, 6.45) is -0.0566. The average Bonchev–Trinajstić information content (AvgIpc) is 2.20. The fourth-order valence-electron chi connectivity index (χ4n) is 1.15. The van der Waals surface area contributed by atoms with Crippen LogP contribution in [-0.4, -0.2) is 29.3 Å². The Morgan fingerprint density at radius 3 is 2.81 bits per heavy atom. The van der Waals surface area contributed by atoms with Crippen LogP contribution in [0.4, 0.5) is 0 Å². The molecular formula is C10H14ClNO4. The van der Waals surface area contributed by atoms with E-state index in [-0.39, 0.29) is 30.3 Å². The molecule has 6 heteroatoms. The van der Waals surface area contributed by atoms with E-state index in [0.29, 0.717) is 5.56 Å². The number of carboxylic acid groups (broad SMARTS) is 1.